The number of fused-ring (bicyclic) bond motifs is 1. The molecule has 0 spiro atoms. The van der Waals surface area contributed by atoms with Crippen molar-refractivity contribution in [1.29, 1.82) is 0 Å². The summed E-state index contributed by atoms with van der Waals surface area (Å²) in [5.41, 5.74) is 2.13. The number of carbonyl (C=O) groups is 1. The van der Waals surface area contributed by atoms with Crippen molar-refractivity contribution in [3.63, 3.8) is 0 Å². The molecule has 0 aliphatic carbocycles. The second-order valence-corrected chi connectivity index (χ2v) is 6.32. The number of aromatic nitrogens is 3. The molecule has 3 heterocycles. The van der Waals surface area contributed by atoms with Crippen LogP contribution in [0.2, 0.25) is 0 Å². The number of rotatable bonds is 4. The standard InChI is InChI=1S/C17H19FN4O3/c18-13-3-1-2-11(6-13)16-15-10-25-14(8-22(15)21-20-16)7-19-17(23)12-4-5-24-9-12/h1-3,6,12,14H,4-5,7-10H2,(H,19,23)/t12-,14-/m0/s1. The predicted octanol–water partition coefficient (Wildman–Crippen LogP) is 1.14. The molecule has 2 aliphatic rings. The number of nitrogens with zero attached hydrogens (tertiary/aromatic N) is 3. The third kappa shape index (κ3) is 3.40. The van der Waals surface area contributed by atoms with E-state index < -0.39 is 0 Å². The molecule has 1 amide bonds. The minimum atomic E-state index is -0.313. The van der Waals surface area contributed by atoms with E-state index in [-0.39, 0.29) is 23.7 Å². The fourth-order valence-corrected chi connectivity index (χ4v) is 3.15. The Bertz CT molecular complexity index is 773. The Labute approximate surface area is 144 Å². The first-order valence-corrected chi connectivity index (χ1v) is 8.36. The zero-order chi connectivity index (χ0) is 17.2. The second-order valence-electron chi connectivity index (χ2n) is 6.32. The molecule has 1 saturated heterocycles. The molecule has 4 rings (SSSR count). The molecule has 0 saturated carbocycles. The van der Waals surface area contributed by atoms with Gasteiger partial charge >= 0.3 is 0 Å². The maximum Gasteiger partial charge on any atom is 0.225 e. The van der Waals surface area contributed by atoms with Gasteiger partial charge in [-0.3, -0.25) is 4.79 Å². The minimum Gasteiger partial charge on any atom is -0.381 e. The molecule has 1 aromatic carbocycles. The fraction of sp³-hybridized carbons (Fsp3) is 0.471. The molecule has 0 unspecified atom stereocenters. The van der Waals surface area contributed by atoms with E-state index >= 15 is 0 Å². The monoisotopic (exact) mass is 346 g/mol. The molecular formula is C17H19FN4O3. The molecule has 1 fully saturated rings. The van der Waals surface area contributed by atoms with Gasteiger partial charge in [0.15, 0.2) is 0 Å². The van der Waals surface area contributed by atoms with Crippen molar-refractivity contribution < 1.29 is 18.7 Å². The zero-order valence-electron chi connectivity index (χ0n) is 13.7. The van der Waals surface area contributed by atoms with Crippen LogP contribution < -0.4 is 5.32 Å². The number of hydrogen-bond donors (Lipinski definition) is 1. The summed E-state index contributed by atoms with van der Waals surface area (Å²) in [6.07, 6.45) is 0.600. The van der Waals surface area contributed by atoms with Crippen LogP contribution >= 0.6 is 0 Å². The molecule has 8 heteroatoms. The van der Waals surface area contributed by atoms with Gasteiger partial charge in [-0.25, -0.2) is 9.07 Å². The van der Waals surface area contributed by atoms with E-state index in [2.05, 4.69) is 15.6 Å². The summed E-state index contributed by atoms with van der Waals surface area (Å²) < 4.78 is 26.2. The Hall–Kier alpha value is -2.32. The zero-order valence-corrected chi connectivity index (χ0v) is 13.7. The lowest BCUT2D eigenvalue weighted by molar-refractivity contribution is -0.126. The number of amides is 1. The van der Waals surface area contributed by atoms with E-state index in [9.17, 15) is 9.18 Å². The van der Waals surface area contributed by atoms with Crippen LogP contribution in [-0.2, 0) is 27.4 Å². The molecule has 1 aromatic heterocycles. The van der Waals surface area contributed by atoms with Crippen LogP contribution in [-0.4, -0.2) is 46.8 Å². The third-order valence-electron chi connectivity index (χ3n) is 4.57. The highest BCUT2D eigenvalue weighted by atomic mass is 19.1. The fourth-order valence-electron chi connectivity index (χ4n) is 3.15. The van der Waals surface area contributed by atoms with E-state index in [0.29, 0.717) is 44.2 Å². The van der Waals surface area contributed by atoms with Crippen LogP contribution in [0.4, 0.5) is 4.39 Å². The largest absolute Gasteiger partial charge is 0.381 e. The summed E-state index contributed by atoms with van der Waals surface area (Å²) in [5, 5.41) is 11.2. The van der Waals surface area contributed by atoms with Gasteiger partial charge < -0.3 is 14.8 Å². The third-order valence-corrected chi connectivity index (χ3v) is 4.57. The smallest absolute Gasteiger partial charge is 0.225 e. The Morgan fingerprint density at radius 2 is 2.36 bits per heavy atom. The maximum absolute atomic E-state index is 13.4. The molecule has 2 atom stereocenters. The molecule has 2 aliphatic heterocycles. The van der Waals surface area contributed by atoms with Gasteiger partial charge in [0.1, 0.15) is 11.5 Å². The van der Waals surface area contributed by atoms with E-state index in [1.165, 1.54) is 12.1 Å². The van der Waals surface area contributed by atoms with Gasteiger partial charge in [0.2, 0.25) is 5.91 Å². The van der Waals surface area contributed by atoms with Gasteiger partial charge in [0.25, 0.3) is 0 Å². The molecule has 132 valence electrons. The lowest BCUT2D eigenvalue weighted by atomic mass is 10.1. The van der Waals surface area contributed by atoms with Gasteiger partial charge in [0, 0.05) is 18.7 Å². The van der Waals surface area contributed by atoms with Gasteiger partial charge in [-0.2, -0.15) is 0 Å². The highest BCUT2D eigenvalue weighted by Crippen LogP contribution is 2.25. The molecule has 25 heavy (non-hydrogen) atoms. The van der Waals surface area contributed by atoms with E-state index in [1.807, 2.05) is 0 Å². The predicted molar refractivity (Wildman–Crippen MR) is 85.9 cm³/mol. The van der Waals surface area contributed by atoms with Gasteiger partial charge in [-0.15, -0.1) is 5.10 Å². The van der Waals surface area contributed by atoms with Crippen molar-refractivity contribution in [3.05, 3.63) is 35.8 Å². The first-order valence-electron chi connectivity index (χ1n) is 8.36. The summed E-state index contributed by atoms with van der Waals surface area (Å²) in [7, 11) is 0. The van der Waals surface area contributed by atoms with Crippen LogP contribution in [0.3, 0.4) is 0 Å². The Kier molecular flexibility index (Phi) is 4.46. The topological polar surface area (TPSA) is 78.3 Å². The first-order chi connectivity index (χ1) is 12.2. The Balaban J connectivity index is 1.40. The molecule has 2 aromatic rings. The maximum atomic E-state index is 13.4. The van der Waals surface area contributed by atoms with Crippen molar-refractivity contribution in [2.45, 2.75) is 25.7 Å². The Morgan fingerprint density at radius 3 is 3.16 bits per heavy atom. The number of halogens is 1. The first kappa shape index (κ1) is 16.2. The van der Waals surface area contributed by atoms with Crippen molar-refractivity contribution in [2.24, 2.45) is 5.92 Å². The van der Waals surface area contributed by atoms with Gasteiger partial charge in [-0.05, 0) is 18.6 Å². The van der Waals surface area contributed by atoms with E-state index in [4.69, 9.17) is 9.47 Å². The van der Waals surface area contributed by atoms with Crippen LogP contribution in [0.5, 0.6) is 0 Å². The van der Waals surface area contributed by atoms with Gasteiger partial charge in [0.05, 0.1) is 37.5 Å². The number of ether oxygens (including phenoxy) is 2. The van der Waals surface area contributed by atoms with Crippen molar-refractivity contribution >= 4 is 5.91 Å². The highest BCUT2D eigenvalue weighted by molar-refractivity contribution is 5.79. The normalized spacial score (nSPS) is 22.6. The molecule has 1 N–H and O–H groups in total. The quantitative estimate of drug-likeness (QED) is 0.898. The summed E-state index contributed by atoms with van der Waals surface area (Å²) in [6, 6.07) is 6.26. The number of hydrogen-bond acceptors (Lipinski definition) is 5. The van der Waals surface area contributed by atoms with Crippen molar-refractivity contribution in [3.8, 4) is 11.3 Å². The summed E-state index contributed by atoms with van der Waals surface area (Å²) >= 11 is 0. The number of benzene rings is 1. The van der Waals surface area contributed by atoms with Gasteiger partial charge in [-0.1, -0.05) is 17.3 Å². The summed E-state index contributed by atoms with van der Waals surface area (Å²) in [6.45, 7) is 2.37. The molecule has 0 bridgehead atoms. The van der Waals surface area contributed by atoms with Crippen LogP contribution in [0.15, 0.2) is 24.3 Å². The highest BCUT2D eigenvalue weighted by Gasteiger charge is 2.27. The average molecular weight is 346 g/mol. The molecule has 7 nitrogen and oxygen atoms in total. The van der Waals surface area contributed by atoms with E-state index in [1.54, 1.807) is 16.8 Å². The SMILES string of the molecule is O=C(NC[C@H]1Cn2nnc(-c3cccc(F)c3)c2CO1)[C@H]1CCOC1. The summed E-state index contributed by atoms with van der Waals surface area (Å²) in [4.78, 5) is 12.0. The minimum absolute atomic E-state index is 0.00550. The molecule has 0 radical (unpaired) electrons. The second kappa shape index (κ2) is 6.89. The van der Waals surface area contributed by atoms with E-state index in [0.717, 1.165) is 12.1 Å². The van der Waals surface area contributed by atoms with Crippen molar-refractivity contribution in [1.82, 2.24) is 20.3 Å². The number of nitrogens with one attached hydrogen (secondary N) is 1. The lowest BCUT2D eigenvalue weighted by Gasteiger charge is -2.24. The summed E-state index contributed by atoms with van der Waals surface area (Å²) in [5.74, 6) is -0.372. The van der Waals surface area contributed by atoms with Crippen LogP contribution in [0, 0.1) is 11.7 Å². The molecular weight excluding hydrogens is 327 g/mol. The van der Waals surface area contributed by atoms with Crippen LogP contribution in [0.25, 0.3) is 11.3 Å². The average Bonchev–Trinajstić information content (AvgIpc) is 3.29. The van der Waals surface area contributed by atoms with Crippen LogP contribution in [0.1, 0.15) is 12.1 Å². The van der Waals surface area contributed by atoms with Crippen molar-refractivity contribution in [2.75, 3.05) is 19.8 Å². The Morgan fingerprint density at radius 1 is 1.44 bits per heavy atom. The lowest BCUT2D eigenvalue weighted by Crippen LogP contribution is -2.41. The number of carbonyl (C=O) groups excluding carboxylic acids is 1.